The quantitative estimate of drug-likeness (QED) is 0.461. The van der Waals surface area contributed by atoms with E-state index >= 15 is 0 Å². The summed E-state index contributed by atoms with van der Waals surface area (Å²) in [6.45, 7) is 1.47. The third-order valence-corrected chi connectivity index (χ3v) is 1.93. The van der Waals surface area contributed by atoms with Gasteiger partial charge in [0.2, 0.25) is 0 Å². The van der Waals surface area contributed by atoms with Crippen molar-refractivity contribution in [2.45, 2.75) is 6.92 Å². The third-order valence-electron chi connectivity index (χ3n) is 1.93. The Morgan fingerprint density at radius 1 is 1.53 bits per heavy atom. The lowest BCUT2D eigenvalue weighted by Gasteiger charge is -2.02. The number of carbonyl (C=O) groups excluding carboxylic acids is 1. The van der Waals surface area contributed by atoms with Crippen LogP contribution in [0.3, 0.4) is 0 Å². The summed E-state index contributed by atoms with van der Waals surface area (Å²) in [5, 5.41) is 19.2. The molecule has 78 valence electrons. The average molecular weight is 209 g/mol. The fraction of sp³-hybridized carbons (Fsp3) is 0.111. The maximum absolute atomic E-state index is 10.7. The minimum Gasteiger partial charge on any atom is -0.478 e. The molecule has 0 atom stereocenters. The van der Waals surface area contributed by atoms with Crippen LogP contribution in [0.25, 0.3) is 0 Å². The minimum atomic E-state index is -1.26. The van der Waals surface area contributed by atoms with Gasteiger partial charge in [-0.25, -0.2) is 4.79 Å². The molecule has 0 aliphatic rings. The highest BCUT2D eigenvalue weighted by Crippen LogP contribution is 2.22. The Morgan fingerprint density at radius 2 is 2.13 bits per heavy atom. The number of aldehydes is 1. The number of nitro benzene ring substituents is 1. The first-order valence-electron chi connectivity index (χ1n) is 3.95. The smallest absolute Gasteiger partial charge is 0.336 e. The van der Waals surface area contributed by atoms with Crippen LogP contribution in [0, 0.1) is 17.0 Å². The Morgan fingerprint density at radius 3 is 2.53 bits per heavy atom. The molecule has 1 aromatic rings. The van der Waals surface area contributed by atoms with Crippen LogP contribution in [0.5, 0.6) is 0 Å². The summed E-state index contributed by atoms with van der Waals surface area (Å²) in [6, 6.07) is 2.08. The number of rotatable bonds is 3. The lowest BCUT2D eigenvalue weighted by atomic mass is 10.0. The van der Waals surface area contributed by atoms with Crippen molar-refractivity contribution >= 4 is 17.9 Å². The molecule has 0 saturated carbocycles. The second kappa shape index (κ2) is 3.87. The molecule has 1 aromatic carbocycles. The van der Waals surface area contributed by atoms with Gasteiger partial charge >= 0.3 is 5.97 Å². The van der Waals surface area contributed by atoms with Crippen LogP contribution in [0.1, 0.15) is 26.3 Å². The number of aromatic carboxylic acids is 1. The van der Waals surface area contributed by atoms with E-state index in [-0.39, 0.29) is 11.1 Å². The van der Waals surface area contributed by atoms with E-state index in [1.807, 2.05) is 0 Å². The molecule has 1 N–H and O–H groups in total. The van der Waals surface area contributed by atoms with Crippen molar-refractivity contribution in [2.75, 3.05) is 0 Å². The van der Waals surface area contributed by atoms with E-state index in [0.29, 0.717) is 11.8 Å². The molecule has 0 spiro atoms. The van der Waals surface area contributed by atoms with Crippen LogP contribution in [0.15, 0.2) is 12.1 Å². The predicted molar refractivity (Wildman–Crippen MR) is 50.2 cm³/mol. The van der Waals surface area contributed by atoms with Crippen LogP contribution in [0.2, 0.25) is 0 Å². The van der Waals surface area contributed by atoms with Crippen LogP contribution in [0.4, 0.5) is 5.69 Å². The minimum absolute atomic E-state index is 0.123. The molecule has 6 nitrogen and oxygen atoms in total. The van der Waals surface area contributed by atoms with Crippen LogP contribution in [-0.2, 0) is 0 Å². The Labute approximate surface area is 84.3 Å². The normalized spacial score (nSPS) is 9.67. The Kier molecular flexibility index (Phi) is 2.80. The van der Waals surface area contributed by atoms with Crippen LogP contribution in [-0.4, -0.2) is 22.3 Å². The molecule has 1 rings (SSSR count). The second-order valence-electron chi connectivity index (χ2n) is 2.91. The molecule has 0 heterocycles. The number of carboxylic acids is 1. The highest BCUT2D eigenvalue weighted by molar-refractivity contribution is 5.93. The molecule has 0 fully saturated rings. The van der Waals surface area contributed by atoms with E-state index < -0.39 is 16.6 Å². The van der Waals surface area contributed by atoms with E-state index in [2.05, 4.69) is 0 Å². The summed E-state index contributed by atoms with van der Waals surface area (Å²) < 4.78 is 0. The second-order valence-corrected chi connectivity index (χ2v) is 2.91. The van der Waals surface area contributed by atoms with E-state index in [1.54, 1.807) is 0 Å². The van der Waals surface area contributed by atoms with Gasteiger partial charge in [0.25, 0.3) is 5.69 Å². The van der Waals surface area contributed by atoms with E-state index in [9.17, 15) is 19.7 Å². The van der Waals surface area contributed by atoms with Crippen molar-refractivity contribution in [3.63, 3.8) is 0 Å². The lowest BCUT2D eigenvalue weighted by Crippen LogP contribution is -2.04. The first-order chi connectivity index (χ1) is 6.97. The summed E-state index contributed by atoms with van der Waals surface area (Å²) in [4.78, 5) is 30.9. The molecule has 15 heavy (non-hydrogen) atoms. The Hall–Kier alpha value is -2.24. The van der Waals surface area contributed by atoms with Crippen LogP contribution >= 0.6 is 0 Å². The van der Waals surface area contributed by atoms with Gasteiger partial charge in [-0.3, -0.25) is 14.9 Å². The molecule has 0 aliphatic heterocycles. The van der Waals surface area contributed by atoms with Gasteiger partial charge in [0.15, 0.2) is 6.29 Å². The van der Waals surface area contributed by atoms with Gasteiger partial charge in [0.05, 0.1) is 16.1 Å². The summed E-state index contributed by atoms with van der Waals surface area (Å²) in [7, 11) is 0. The zero-order valence-electron chi connectivity index (χ0n) is 7.76. The zero-order chi connectivity index (χ0) is 11.6. The average Bonchev–Trinajstić information content (AvgIpc) is 2.16. The fourth-order valence-electron chi connectivity index (χ4n) is 1.20. The summed E-state index contributed by atoms with van der Waals surface area (Å²) in [5.74, 6) is -1.26. The first-order valence-corrected chi connectivity index (χ1v) is 3.95. The van der Waals surface area contributed by atoms with Gasteiger partial charge in [0.1, 0.15) is 0 Å². The van der Waals surface area contributed by atoms with Crippen molar-refractivity contribution < 1.29 is 19.6 Å². The van der Waals surface area contributed by atoms with Crippen molar-refractivity contribution in [2.24, 2.45) is 0 Å². The maximum Gasteiger partial charge on any atom is 0.336 e. The number of carboxylic acid groups (broad SMARTS) is 1. The van der Waals surface area contributed by atoms with Crippen molar-refractivity contribution in [1.29, 1.82) is 0 Å². The molecule has 0 aliphatic carbocycles. The number of hydrogen-bond acceptors (Lipinski definition) is 4. The third kappa shape index (κ3) is 1.98. The van der Waals surface area contributed by atoms with Gasteiger partial charge in [-0.05, 0) is 18.6 Å². The number of aryl methyl sites for hydroxylation is 1. The topological polar surface area (TPSA) is 97.5 Å². The number of hydrogen-bond donors (Lipinski definition) is 1. The maximum atomic E-state index is 10.7. The summed E-state index contributed by atoms with van der Waals surface area (Å²) in [6.07, 6.45) is 0.330. The van der Waals surface area contributed by atoms with Gasteiger partial charge in [0, 0.05) is 6.07 Å². The molecule has 0 amide bonds. The summed E-state index contributed by atoms with van der Waals surface area (Å²) in [5.41, 5.74) is -0.474. The van der Waals surface area contributed by atoms with Gasteiger partial charge in [-0.15, -0.1) is 0 Å². The number of carbonyl (C=O) groups is 2. The summed E-state index contributed by atoms with van der Waals surface area (Å²) >= 11 is 0. The molecular formula is C9H7NO5. The molecule has 6 heteroatoms. The predicted octanol–water partition coefficient (Wildman–Crippen LogP) is 1.41. The van der Waals surface area contributed by atoms with E-state index in [0.717, 1.165) is 6.07 Å². The van der Waals surface area contributed by atoms with Gasteiger partial charge in [-0.1, -0.05) is 0 Å². The Balaban J connectivity index is 3.50. The van der Waals surface area contributed by atoms with Crippen molar-refractivity contribution in [1.82, 2.24) is 0 Å². The molecule has 0 bridgehead atoms. The van der Waals surface area contributed by atoms with E-state index in [1.165, 1.54) is 13.0 Å². The van der Waals surface area contributed by atoms with Crippen LogP contribution < -0.4 is 0 Å². The monoisotopic (exact) mass is 209 g/mol. The molecule has 0 saturated heterocycles. The highest BCUT2D eigenvalue weighted by Gasteiger charge is 2.19. The molecule has 0 unspecified atom stereocenters. The largest absolute Gasteiger partial charge is 0.478 e. The van der Waals surface area contributed by atoms with Gasteiger partial charge in [-0.2, -0.15) is 0 Å². The fourth-order valence-corrected chi connectivity index (χ4v) is 1.20. The zero-order valence-corrected chi connectivity index (χ0v) is 7.76. The van der Waals surface area contributed by atoms with E-state index in [4.69, 9.17) is 5.11 Å². The Bertz CT molecular complexity index is 452. The number of benzene rings is 1. The molecule has 0 aromatic heterocycles. The van der Waals surface area contributed by atoms with Crippen molar-refractivity contribution in [3.05, 3.63) is 38.9 Å². The van der Waals surface area contributed by atoms with Gasteiger partial charge < -0.3 is 5.11 Å². The SMILES string of the molecule is Cc1cc(C=O)c([N+](=O)[O-])cc1C(=O)O. The molecular weight excluding hydrogens is 202 g/mol. The van der Waals surface area contributed by atoms with Crippen molar-refractivity contribution in [3.8, 4) is 0 Å². The first kappa shape index (κ1) is 10.8. The highest BCUT2D eigenvalue weighted by atomic mass is 16.6. The molecule has 0 radical (unpaired) electrons. The lowest BCUT2D eigenvalue weighted by molar-refractivity contribution is -0.385. The number of nitrogens with zero attached hydrogens (tertiary/aromatic N) is 1. The number of nitro groups is 1. The standard InChI is InChI=1S/C9H7NO5/c1-5-2-6(4-11)8(10(14)15)3-7(5)9(12)13/h2-4H,1H3,(H,12,13).